The van der Waals surface area contributed by atoms with E-state index in [1.165, 1.54) is 13.3 Å². The third-order valence-electron chi connectivity index (χ3n) is 4.29. The maximum atomic E-state index is 12.5. The molecule has 1 atom stereocenters. The van der Waals surface area contributed by atoms with Gasteiger partial charge in [-0.3, -0.25) is 9.78 Å². The number of ether oxygens (including phenoxy) is 1. The quantitative estimate of drug-likeness (QED) is 0.397. The van der Waals surface area contributed by atoms with Gasteiger partial charge >= 0.3 is 5.97 Å². The number of hydrogen-bond acceptors (Lipinski definition) is 4. The Kier molecular flexibility index (Phi) is 7.80. The summed E-state index contributed by atoms with van der Waals surface area (Å²) in [5, 5.41) is 3.67. The molecule has 5 nitrogen and oxygen atoms in total. The largest absolute Gasteiger partial charge is 0.467 e. The molecule has 0 bridgehead atoms. The van der Waals surface area contributed by atoms with Crippen LogP contribution in [0.5, 0.6) is 0 Å². The number of rotatable bonds is 10. The number of esters is 1. The minimum absolute atomic E-state index is 0.315. The van der Waals surface area contributed by atoms with E-state index in [9.17, 15) is 9.59 Å². The maximum Gasteiger partial charge on any atom is 0.328 e. The molecule has 1 amide bonds. The highest BCUT2D eigenvalue weighted by atomic mass is 16.5. The van der Waals surface area contributed by atoms with E-state index < -0.39 is 12.0 Å². The number of fused-ring (bicyclic) bond motifs is 1. The highest BCUT2D eigenvalue weighted by Gasteiger charge is 2.22. The number of nitrogens with zero attached hydrogens (tertiary/aromatic N) is 1. The van der Waals surface area contributed by atoms with Crippen molar-refractivity contribution in [2.75, 3.05) is 7.11 Å². The lowest BCUT2D eigenvalue weighted by Gasteiger charge is -2.16. The molecule has 0 saturated heterocycles. The predicted molar refractivity (Wildman–Crippen MR) is 103 cm³/mol. The first-order chi connectivity index (χ1) is 12.7. The normalized spacial score (nSPS) is 11.7. The number of benzene rings is 1. The third kappa shape index (κ3) is 5.69. The molecular weight excluding hydrogens is 328 g/mol. The van der Waals surface area contributed by atoms with Crippen molar-refractivity contribution in [1.82, 2.24) is 10.3 Å². The fourth-order valence-corrected chi connectivity index (χ4v) is 2.82. The van der Waals surface area contributed by atoms with Crippen molar-refractivity contribution >= 4 is 22.8 Å². The van der Waals surface area contributed by atoms with Gasteiger partial charge in [-0.25, -0.2) is 4.79 Å². The number of carbonyl (C=O) groups is 2. The van der Waals surface area contributed by atoms with Crippen LogP contribution in [0.3, 0.4) is 0 Å². The van der Waals surface area contributed by atoms with Crippen molar-refractivity contribution in [3.8, 4) is 0 Å². The van der Waals surface area contributed by atoms with Gasteiger partial charge in [-0.15, -0.1) is 6.58 Å². The van der Waals surface area contributed by atoms with E-state index in [0.717, 1.165) is 43.0 Å². The number of amides is 1. The van der Waals surface area contributed by atoms with Gasteiger partial charge in [-0.2, -0.15) is 0 Å². The zero-order chi connectivity index (χ0) is 18.8. The molecule has 0 aliphatic carbocycles. The summed E-state index contributed by atoms with van der Waals surface area (Å²) >= 11 is 0. The number of allylic oxidation sites excluding steroid dienone is 1. The monoisotopic (exact) mass is 354 g/mol. The summed E-state index contributed by atoms with van der Waals surface area (Å²) in [5.74, 6) is -0.733. The molecule has 26 heavy (non-hydrogen) atoms. The van der Waals surface area contributed by atoms with Crippen LogP contribution in [0.1, 0.15) is 48.9 Å². The smallest absolute Gasteiger partial charge is 0.328 e. The summed E-state index contributed by atoms with van der Waals surface area (Å²) in [6.07, 6.45) is 9.06. The summed E-state index contributed by atoms with van der Waals surface area (Å²) in [7, 11) is 1.34. The number of pyridine rings is 1. The van der Waals surface area contributed by atoms with Crippen molar-refractivity contribution in [3.05, 3.63) is 54.7 Å². The molecule has 0 aliphatic rings. The van der Waals surface area contributed by atoms with Gasteiger partial charge in [-0.1, -0.05) is 43.5 Å². The Hall–Kier alpha value is -2.69. The molecule has 1 heterocycles. The van der Waals surface area contributed by atoms with Gasteiger partial charge < -0.3 is 10.1 Å². The number of unbranched alkanes of at least 4 members (excludes halogenated alkanes) is 4. The fourth-order valence-electron chi connectivity index (χ4n) is 2.82. The number of para-hydroxylation sites is 1. The first-order valence-electron chi connectivity index (χ1n) is 9.00. The molecule has 5 heteroatoms. The standard InChI is InChI=1S/C21H26N2O3/c1-3-4-5-6-7-8-13-19(21(25)26-2)23-20(24)17-14-16-11-9-10-12-18(16)22-15-17/h3,9-12,14-15,19H,1,4-8,13H2,2H3,(H,23,24)/t19-/m1/s1. The average Bonchev–Trinajstić information content (AvgIpc) is 2.68. The second-order valence-electron chi connectivity index (χ2n) is 6.25. The van der Waals surface area contributed by atoms with Gasteiger partial charge in [0.25, 0.3) is 5.91 Å². The Morgan fingerprint density at radius 3 is 2.77 bits per heavy atom. The summed E-state index contributed by atoms with van der Waals surface area (Å²) in [6, 6.07) is 8.73. The van der Waals surface area contributed by atoms with Crippen LogP contribution < -0.4 is 5.32 Å². The van der Waals surface area contributed by atoms with Crippen molar-refractivity contribution < 1.29 is 14.3 Å². The number of aromatic nitrogens is 1. The number of carbonyl (C=O) groups excluding carboxylic acids is 2. The van der Waals surface area contributed by atoms with Crippen molar-refractivity contribution in [2.45, 2.75) is 44.6 Å². The molecular formula is C21H26N2O3. The lowest BCUT2D eigenvalue weighted by atomic mass is 10.1. The average molecular weight is 354 g/mol. The molecule has 0 saturated carbocycles. The predicted octanol–water partition coefficient (Wildman–Crippen LogP) is 4.03. The van der Waals surface area contributed by atoms with Gasteiger partial charge in [0, 0.05) is 11.6 Å². The minimum Gasteiger partial charge on any atom is -0.467 e. The Morgan fingerprint density at radius 2 is 2.00 bits per heavy atom. The summed E-state index contributed by atoms with van der Waals surface area (Å²) in [6.45, 7) is 3.71. The van der Waals surface area contributed by atoms with Crippen LogP contribution in [0.15, 0.2) is 49.2 Å². The van der Waals surface area contributed by atoms with Crippen LogP contribution in [0.2, 0.25) is 0 Å². The molecule has 0 unspecified atom stereocenters. The van der Waals surface area contributed by atoms with Crippen LogP contribution in [0, 0.1) is 0 Å². The summed E-state index contributed by atoms with van der Waals surface area (Å²) < 4.78 is 4.83. The van der Waals surface area contributed by atoms with Gasteiger partial charge in [0.15, 0.2) is 0 Å². The van der Waals surface area contributed by atoms with Crippen LogP contribution in [0.25, 0.3) is 10.9 Å². The molecule has 2 aromatic rings. The van der Waals surface area contributed by atoms with Crippen molar-refractivity contribution in [2.24, 2.45) is 0 Å². The second kappa shape index (κ2) is 10.3. The Balaban J connectivity index is 1.96. The Bertz CT molecular complexity index is 758. The van der Waals surface area contributed by atoms with E-state index in [1.54, 1.807) is 6.07 Å². The van der Waals surface area contributed by atoms with E-state index in [-0.39, 0.29) is 5.91 Å². The van der Waals surface area contributed by atoms with Crippen LogP contribution in [0.4, 0.5) is 0 Å². The van der Waals surface area contributed by atoms with Crippen LogP contribution in [-0.2, 0) is 9.53 Å². The molecule has 1 aromatic carbocycles. The molecule has 1 N–H and O–H groups in total. The van der Waals surface area contributed by atoms with Gasteiger partial charge in [0.1, 0.15) is 6.04 Å². The summed E-state index contributed by atoms with van der Waals surface area (Å²) in [5.41, 5.74) is 1.26. The second-order valence-corrected chi connectivity index (χ2v) is 6.25. The lowest BCUT2D eigenvalue weighted by Crippen LogP contribution is -2.41. The third-order valence-corrected chi connectivity index (χ3v) is 4.29. The molecule has 1 aromatic heterocycles. The van der Waals surface area contributed by atoms with Gasteiger partial charge in [0.2, 0.25) is 0 Å². The molecule has 0 aliphatic heterocycles. The summed E-state index contributed by atoms with van der Waals surface area (Å²) in [4.78, 5) is 28.8. The van der Waals surface area contributed by atoms with E-state index in [4.69, 9.17) is 4.74 Å². The lowest BCUT2D eigenvalue weighted by molar-refractivity contribution is -0.143. The van der Waals surface area contributed by atoms with E-state index in [2.05, 4.69) is 16.9 Å². The van der Waals surface area contributed by atoms with Gasteiger partial charge in [0.05, 0.1) is 18.2 Å². The Morgan fingerprint density at radius 1 is 1.23 bits per heavy atom. The molecule has 0 radical (unpaired) electrons. The van der Waals surface area contributed by atoms with E-state index in [0.29, 0.717) is 12.0 Å². The fraction of sp³-hybridized carbons (Fsp3) is 0.381. The van der Waals surface area contributed by atoms with Gasteiger partial charge in [-0.05, 0) is 31.4 Å². The Labute approximate surface area is 154 Å². The molecule has 138 valence electrons. The topological polar surface area (TPSA) is 68.3 Å². The first kappa shape index (κ1) is 19.6. The zero-order valence-corrected chi connectivity index (χ0v) is 15.2. The SMILES string of the molecule is C=CCCCCCC[C@@H](NC(=O)c1cnc2ccccc2c1)C(=O)OC. The maximum absolute atomic E-state index is 12.5. The molecule has 2 rings (SSSR count). The van der Waals surface area contributed by atoms with Crippen molar-refractivity contribution in [3.63, 3.8) is 0 Å². The molecule has 0 fully saturated rings. The number of methoxy groups -OCH3 is 1. The van der Waals surface area contributed by atoms with Crippen LogP contribution in [-0.4, -0.2) is 30.0 Å². The van der Waals surface area contributed by atoms with Crippen molar-refractivity contribution in [1.29, 1.82) is 0 Å². The number of hydrogen-bond donors (Lipinski definition) is 1. The molecule has 0 spiro atoms. The van der Waals surface area contributed by atoms with Crippen LogP contribution >= 0.6 is 0 Å². The van der Waals surface area contributed by atoms with E-state index >= 15 is 0 Å². The number of nitrogens with one attached hydrogen (secondary N) is 1. The zero-order valence-electron chi connectivity index (χ0n) is 15.2. The first-order valence-corrected chi connectivity index (χ1v) is 9.00. The highest BCUT2D eigenvalue weighted by molar-refractivity contribution is 5.99. The minimum atomic E-state index is -0.640. The van der Waals surface area contributed by atoms with E-state index in [1.807, 2.05) is 30.3 Å². The highest BCUT2D eigenvalue weighted by Crippen LogP contribution is 2.14.